The molecule has 0 aliphatic carbocycles. The molecule has 0 bridgehead atoms. The van der Waals surface area contributed by atoms with Crippen molar-refractivity contribution in [3.8, 4) is 5.75 Å². The quantitative estimate of drug-likeness (QED) is 0.276. The van der Waals surface area contributed by atoms with Crippen LogP contribution in [0.25, 0.3) is 21.8 Å². The number of hydrogen-bond acceptors (Lipinski definition) is 5. The van der Waals surface area contributed by atoms with Crippen molar-refractivity contribution in [3.05, 3.63) is 70.7 Å². The number of ether oxygens (including phenoxy) is 2. The molecule has 2 heterocycles. The first kappa shape index (κ1) is 26.1. The maximum atomic E-state index is 13.2. The van der Waals surface area contributed by atoms with E-state index < -0.39 is 40.2 Å². The predicted molar refractivity (Wildman–Crippen MR) is 135 cm³/mol. The van der Waals surface area contributed by atoms with Gasteiger partial charge in [0.1, 0.15) is 15.7 Å². The number of aliphatic hydroxyl groups is 1. The molecule has 13 heteroatoms. The van der Waals surface area contributed by atoms with Crippen molar-refractivity contribution in [3.63, 3.8) is 0 Å². The van der Waals surface area contributed by atoms with Gasteiger partial charge in [-0.15, -0.1) is 13.2 Å². The number of alkyl halides is 3. The molecule has 0 radical (unpaired) electrons. The molecule has 37 heavy (non-hydrogen) atoms. The van der Waals surface area contributed by atoms with Gasteiger partial charge in [-0.1, -0.05) is 23.2 Å². The molecule has 1 aliphatic heterocycles. The fraction of sp³-hybridized carbons (Fsp3) is 0.250. The zero-order chi connectivity index (χ0) is 26.5. The van der Waals surface area contributed by atoms with E-state index in [0.29, 0.717) is 10.0 Å². The monoisotopic (exact) mass is 573 g/mol. The van der Waals surface area contributed by atoms with Crippen LogP contribution in [0, 0.1) is 4.78 Å². The van der Waals surface area contributed by atoms with Crippen molar-refractivity contribution in [2.45, 2.75) is 29.4 Å². The van der Waals surface area contributed by atoms with Crippen LogP contribution >= 0.6 is 23.2 Å². The second-order valence-electron chi connectivity index (χ2n) is 8.59. The average molecular weight is 574 g/mol. The Morgan fingerprint density at radius 3 is 2.11 bits per heavy atom. The molecule has 3 aromatic carbocycles. The first-order valence-electron chi connectivity index (χ1n) is 11.0. The van der Waals surface area contributed by atoms with Crippen LogP contribution in [0.15, 0.2) is 65.6 Å². The molecule has 1 fully saturated rings. The van der Waals surface area contributed by atoms with Crippen LogP contribution in [0.3, 0.4) is 0 Å². The van der Waals surface area contributed by atoms with Gasteiger partial charge in [0.05, 0.1) is 36.3 Å². The lowest BCUT2D eigenvalue weighted by Crippen LogP contribution is -2.53. The molecule has 5 rings (SSSR count). The van der Waals surface area contributed by atoms with Gasteiger partial charge in [0.15, 0.2) is 0 Å². The Kier molecular flexibility index (Phi) is 6.80. The number of halogens is 5. The van der Waals surface area contributed by atoms with Gasteiger partial charge in [0.25, 0.3) is 0 Å². The van der Waals surface area contributed by atoms with Gasteiger partial charge in [-0.2, -0.15) is 0 Å². The molecule has 1 unspecified atom stereocenters. The number of rotatable bonds is 5. The molecule has 0 saturated carbocycles. The van der Waals surface area contributed by atoms with Crippen LogP contribution < -0.4 is 9.46 Å². The van der Waals surface area contributed by atoms with Crippen molar-refractivity contribution in [1.82, 2.24) is 9.29 Å². The lowest BCUT2D eigenvalue weighted by atomic mass is 10.0. The number of aromatic nitrogens is 1. The van der Waals surface area contributed by atoms with Gasteiger partial charge in [-0.3, -0.25) is 0 Å². The maximum Gasteiger partial charge on any atom is 0.573 e. The van der Waals surface area contributed by atoms with Crippen LogP contribution in [0.5, 0.6) is 5.75 Å². The standard InChI is InChI=1S/C24H20Cl2F3N3O4S/c25-13-1-7-20-17(9-13)18-10-14(26)2-8-21(18)32(20)22-12-35-11-19(23(22)33)31-37(30,34)16-5-3-15(4-6-16)36-24(27,28)29/h1-10,19,22-23,33H,11-12H2,(H2,30,31,34)/t19-,22+,23+,37?/m1/s1. The summed E-state index contributed by atoms with van der Waals surface area (Å²) in [5.41, 5.74) is 1.56. The Morgan fingerprint density at radius 2 is 1.57 bits per heavy atom. The van der Waals surface area contributed by atoms with Crippen LogP contribution in [-0.2, 0) is 14.7 Å². The van der Waals surface area contributed by atoms with E-state index in [2.05, 4.69) is 9.46 Å². The second-order valence-corrected chi connectivity index (χ2v) is 11.3. The lowest BCUT2D eigenvalue weighted by molar-refractivity contribution is -0.274. The van der Waals surface area contributed by atoms with E-state index in [4.69, 9.17) is 32.7 Å². The van der Waals surface area contributed by atoms with Crippen molar-refractivity contribution < 1.29 is 32.0 Å². The molecule has 0 spiro atoms. The zero-order valence-electron chi connectivity index (χ0n) is 18.8. The first-order chi connectivity index (χ1) is 17.4. The minimum atomic E-state index is -4.87. The predicted octanol–water partition coefficient (Wildman–Crippen LogP) is 5.91. The van der Waals surface area contributed by atoms with Gasteiger partial charge in [0.2, 0.25) is 0 Å². The van der Waals surface area contributed by atoms with Crippen molar-refractivity contribution >= 4 is 54.9 Å². The summed E-state index contributed by atoms with van der Waals surface area (Å²) in [7, 11) is -3.71. The van der Waals surface area contributed by atoms with Crippen molar-refractivity contribution in [1.29, 1.82) is 4.78 Å². The number of fused-ring (bicyclic) bond motifs is 3. The molecule has 1 saturated heterocycles. The van der Waals surface area contributed by atoms with E-state index in [1.54, 1.807) is 24.3 Å². The summed E-state index contributed by atoms with van der Waals surface area (Å²) in [5.74, 6) is -0.501. The molecular formula is C24H20Cl2F3N3O4S. The fourth-order valence-electron chi connectivity index (χ4n) is 4.58. The molecule has 1 aromatic heterocycles. The first-order valence-corrected chi connectivity index (χ1v) is 13.3. The molecule has 196 valence electrons. The molecule has 4 atom stereocenters. The summed E-state index contributed by atoms with van der Waals surface area (Å²) >= 11 is 12.5. The Balaban J connectivity index is 1.45. The SMILES string of the molecule is N=S(=O)(N[C@@H]1COC[C@H](n2c3ccc(Cl)cc3c3cc(Cl)ccc32)[C@H]1O)c1ccc(OC(F)(F)F)cc1. The minimum Gasteiger partial charge on any atom is -0.406 e. The summed E-state index contributed by atoms with van der Waals surface area (Å²) in [6.45, 7) is 0.115. The van der Waals surface area contributed by atoms with E-state index in [9.17, 15) is 22.5 Å². The average Bonchev–Trinajstić information content (AvgIpc) is 3.12. The Labute approximate surface area is 219 Å². The van der Waals surface area contributed by atoms with Crippen LogP contribution in [0.1, 0.15) is 6.04 Å². The van der Waals surface area contributed by atoms with E-state index in [0.717, 1.165) is 46.1 Å². The van der Waals surface area contributed by atoms with Crippen molar-refractivity contribution in [2.24, 2.45) is 0 Å². The molecule has 0 amide bonds. The third-order valence-electron chi connectivity index (χ3n) is 6.16. The van der Waals surface area contributed by atoms with Crippen LogP contribution in [0.4, 0.5) is 13.2 Å². The minimum absolute atomic E-state index is 0.0302. The number of hydrogen-bond donors (Lipinski definition) is 3. The fourth-order valence-corrected chi connectivity index (χ4v) is 6.21. The molecule has 3 N–H and O–H groups in total. The largest absolute Gasteiger partial charge is 0.573 e. The normalized spacial score (nSPS) is 22.3. The highest BCUT2D eigenvalue weighted by molar-refractivity contribution is 7.90. The summed E-state index contributed by atoms with van der Waals surface area (Å²) in [4.78, 5) is -0.0718. The van der Waals surface area contributed by atoms with Gasteiger partial charge in [0, 0.05) is 31.9 Å². The zero-order valence-corrected chi connectivity index (χ0v) is 21.2. The van der Waals surface area contributed by atoms with Crippen LogP contribution in [-0.4, -0.2) is 45.6 Å². The Morgan fingerprint density at radius 1 is 1.00 bits per heavy atom. The van der Waals surface area contributed by atoms with Crippen LogP contribution in [0.2, 0.25) is 10.0 Å². The number of nitrogens with zero attached hydrogens (tertiary/aromatic N) is 1. The molecular weight excluding hydrogens is 554 g/mol. The lowest BCUT2D eigenvalue weighted by Gasteiger charge is -2.37. The van der Waals surface area contributed by atoms with E-state index in [1.807, 2.05) is 16.7 Å². The topological polar surface area (TPSA) is 96.6 Å². The highest BCUT2D eigenvalue weighted by Gasteiger charge is 2.37. The summed E-state index contributed by atoms with van der Waals surface area (Å²) in [6.07, 6.45) is -6.00. The van der Waals surface area contributed by atoms with Gasteiger partial charge in [-0.25, -0.2) is 13.7 Å². The summed E-state index contributed by atoms with van der Waals surface area (Å²) < 4.78 is 72.9. The smallest absolute Gasteiger partial charge is 0.406 e. The molecule has 7 nitrogen and oxygen atoms in total. The summed E-state index contributed by atoms with van der Waals surface area (Å²) in [6, 6.07) is 13.4. The number of nitrogens with one attached hydrogen (secondary N) is 2. The van der Waals surface area contributed by atoms with E-state index in [1.165, 1.54) is 0 Å². The Hall–Kier alpha value is -2.54. The van der Waals surface area contributed by atoms with Gasteiger partial charge >= 0.3 is 6.36 Å². The van der Waals surface area contributed by atoms with Gasteiger partial charge < -0.3 is 19.1 Å². The third kappa shape index (κ3) is 5.25. The third-order valence-corrected chi connectivity index (χ3v) is 8.20. The molecule has 4 aromatic rings. The summed E-state index contributed by atoms with van der Waals surface area (Å²) in [5, 5.41) is 14.1. The highest BCUT2D eigenvalue weighted by Crippen LogP contribution is 2.37. The van der Waals surface area contributed by atoms with E-state index in [-0.39, 0.29) is 18.1 Å². The highest BCUT2D eigenvalue weighted by atomic mass is 35.5. The van der Waals surface area contributed by atoms with E-state index >= 15 is 0 Å². The van der Waals surface area contributed by atoms with Crippen molar-refractivity contribution in [2.75, 3.05) is 13.2 Å². The maximum absolute atomic E-state index is 13.2. The molecule has 1 aliphatic rings. The number of aliphatic hydroxyl groups excluding tert-OH is 1. The second kappa shape index (κ2) is 9.64. The number of benzene rings is 3. The van der Waals surface area contributed by atoms with Gasteiger partial charge in [-0.05, 0) is 60.7 Å². The Bertz CT molecular complexity index is 1520.